The molecule has 0 bridgehead atoms. The van der Waals surface area contributed by atoms with Crippen molar-refractivity contribution >= 4 is 24.0 Å². The Morgan fingerprint density at radius 2 is 2.05 bits per heavy atom. The first-order valence-electron chi connectivity index (χ1n) is 5.97. The lowest BCUT2D eigenvalue weighted by Gasteiger charge is -2.06. The normalized spacial score (nSPS) is 9.81. The number of nitrogens with one attached hydrogen (secondary N) is 2. The van der Waals surface area contributed by atoms with Crippen LogP contribution in [-0.4, -0.2) is 44.2 Å². The lowest BCUT2D eigenvalue weighted by molar-refractivity contribution is -0.385. The monoisotopic (exact) mass is 321 g/mol. The number of nitro benzene ring substituents is 1. The van der Waals surface area contributed by atoms with E-state index in [1.807, 2.05) is 0 Å². The lowest BCUT2D eigenvalue weighted by Crippen LogP contribution is -2.33. The van der Waals surface area contributed by atoms with Crippen LogP contribution in [-0.2, 0) is 4.74 Å². The van der Waals surface area contributed by atoms with Crippen molar-refractivity contribution in [2.75, 3.05) is 33.4 Å². The zero-order valence-electron chi connectivity index (χ0n) is 11.4. The zero-order valence-corrected chi connectivity index (χ0v) is 12.2. The van der Waals surface area contributed by atoms with E-state index in [9.17, 15) is 19.3 Å². The van der Waals surface area contributed by atoms with E-state index in [1.54, 1.807) is 7.11 Å². The third kappa shape index (κ3) is 6.98. The molecule has 21 heavy (non-hydrogen) atoms. The molecule has 0 heterocycles. The molecule has 0 spiro atoms. The van der Waals surface area contributed by atoms with Crippen molar-refractivity contribution in [3.63, 3.8) is 0 Å². The first-order valence-corrected chi connectivity index (χ1v) is 5.97. The van der Waals surface area contributed by atoms with Crippen molar-refractivity contribution in [2.45, 2.75) is 0 Å². The van der Waals surface area contributed by atoms with Crippen LogP contribution >= 0.6 is 12.4 Å². The van der Waals surface area contributed by atoms with E-state index in [0.29, 0.717) is 26.2 Å². The Bertz CT molecular complexity index is 488. The van der Waals surface area contributed by atoms with Crippen LogP contribution in [0.1, 0.15) is 10.4 Å². The molecule has 0 saturated heterocycles. The first kappa shape index (κ1) is 19.2. The highest BCUT2D eigenvalue weighted by Gasteiger charge is 2.14. The summed E-state index contributed by atoms with van der Waals surface area (Å²) in [4.78, 5) is 21.5. The molecule has 0 aliphatic carbocycles. The van der Waals surface area contributed by atoms with E-state index in [1.165, 1.54) is 0 Å². The fourth-order valence-electron chi connectivity index (χ4n) is 1.48. The second-order valence-corrected chi connectivity index (χ2v) is 3.95. The molecule has 7 nitrogen and oxygen atoms in total. The largest absolute Gasteiger partial charge is 0.383 e. The molecule has 1 amide bonds. The maximum atomic E-state index is 13.2. The van der Waals surface area contributed by atoms with Crippen LogP contribution in [0.4, 0.5) is 10.1 Å². The molecule has 9 heteroatoms. The maximum absolute atomic E-state index is 13.2. The molecule has 2 N–H and O–H groups in total. The van der Waals surface area contributed by atoms with Gasteiger partial charge in [-0.15, -0.1) is 12.4 Å². The molecule has 0 aromatic heterocycles. The Morgan fingerprint density at radius 1 is 1.33 bits per heavy atom. The second-order valence-electron chi connectivity index (χ2n) is 3.95. The number of hydrogen-bond acceptors (Lipinski definition) is 5. The molecule has 118 valence electrons. The zero-order chi connectivity index (χ0) is 15.0. The molecular weight excluding hydrogens is 305 g/mol. The standard InChI is InChI=1S/C12H16FN3O4.ClH/c1-20-5-4-14-2-3-15-12(17)9-6-10(13)8-11(7-9)16(18)19;/h6-8,14H,2-5H2,1H3,(H,15,17);1H. The third-order valence-electron chi connectivity index (χ3n) is 2.43. The van der Waals surface area contributed by atoms with Crippen molar-refractivity contribution in [1.82, 2.24) is 10.6 Å². The highest BCUT2D eigenvalue weighted by molar-refractivity contribution is 5.94. The quantitative estimate of drug-likeness (QED) is 0.425. The number of nitrogens with zero attached hydrogens (tertiary/aromatic N) is 1. The van der Waals surface area contributed by atoms with Crippen LogP contribution in [0, 0.1) is 15.9 Å². The Labute approximate surface area is 127 Å². The molecule has 0 aliphatic rings. The molecular formula is C12H17ClFN3O4. The predicted molar refractivity (Wildman–Crippen MR) is 77.4 cm³/mol. The third-order valence-corrected chi connectivity index (χ3v) is 2.43. The minimum atomic E-state index is -0.817. The number of non-ortho nitro benzene ring substituents is 1. The minimum Gasteiger partial charge on any atom is -0.383 e. The number of rotatable bonds is 8. The van der Waals surface area contributed by atoms with Crippen molar-refractivity contribution < 1.29 is 18.8 Å². The van der Waals surface area contributed by atoms with Crippen molar-refractivity contribution in [2.24, 2.45) is 0 Å². The van der Waals surface area contributed by atoms with Gasteiger partial charge in [0.2, 0.25) is 0 Å². The summed E-state index contributed by atoms with van der Waals surface area (Å²) in [5.41, 5.74) is -0.526. The van der Waals surface area contributed by atoms with Gasteiger partial charge in [-0.1, -0.05) is 0 Å². The van der Waals surface area contributed by atoms with E-state index in [2.05, 4.69) is 10.6 Å². The molecule has 0 fully saturated rings. The molecule has 0 radical (unpaired) electrons. The van der Waals surface area contributed by atoms with Crippen LogP contribution in [0.5, 0.6) is 0 Å². The van der Waals surface area contributed by atoms with Crippen LogP contribution in [0.25, 0.3) is 0 Å². The van der Waals surface area contributed by atoms with Gasteiger partial charge in [-0.3, -0.25) is 14.9 Å². The predicted octanol–water partition coefficient (Wildman–Crippen LogP) is 1.12. The van der Waals surface area contributed by atoms with Gasteiger partial charge in [0.15, 0.2) is 0 Å². The van der Waals surface area contributed by atoms with Gasteiger partial charge in [-0.2, -0.15) is 0 Å². The fraction of sp³-hybridized carbons (Fsp3) is 0.417. The minimum absolute atomic E-state index is 0. The Kier molecular flexibility index (Phi) is 9.18. The number of carbonyl (C=O) groups excluding carboxylic acids is 1. The van der Waals surface area contributed by atoms with Crippen LogP contribution in [0.2, 0.25) is 0 Å². The van der Waals surface area contributed by atoms with Gasteiger partial charge in [0, 0.05) is 38.4 Å². The summed E-state index contributed by atoms with van der Waals surface area (Å²) in [7, 11) is 1.58. The van der Waals surface area contributed by atoms with Crippen LogP contribution in [0.3, 0.4) is 0 Å². The Morgan fingerprint density at radius 3 is 2.67 bits per heavy atom. The van der Waals surface area contributed by atoms with Gasteiger partial charge >= 0.3 is 0 Å². The summed E-state index contributed by atoms with van der Waals surface area (Å²) in [5.74, 6) is -1.37. The SMILES string of the molecule is COCCNCCNC(=O)c1cc(F)cc([N+](=O)[O-])c1.Cl. The number of ether oxygens (including phenoxy) is 1. The van der Waals surface area contributed by atoms with Crippen LogP contribution in [0.15, 0.2) is 18.2 Å². The maximum Gasteiger partial charge on any atom is 0.273 e. The number of hydrogen-bond donors (Lipinski definition) is 2. The van der Waals surface area contributed by atoms with Gasteiger partial charge < -0.3 is 15.4 Å². The Hall–Kier alpha value is -1.77. The molecule has 0 atom stereocenters. The fourth-order valence-corrected chi connectivity index (χ4v) is 1.48. The summed E-state index contributed by atoms with van der Waals surface area (Å²) in [6, 6.07) is 2.76. The second kappa shape index (κ2) is 10.0. The highest BCUT2D eigenvalue weighted by atomic mass is 35.5. The number of methoxy groups -OCH3 is 1. The lowest BCUT2D eigenvalue weighted by atomic mass is 10.2. The van der Waals surface area contributed by atoms with Crippen molar-refractivity contribution in [3.05, 3.63) is 39.7 Å². The number of benzene rings is 1. The summed E-state index contributed by atoms with van der Waals surface area (Å²) >= 11 is 0. The van der Waals surface area contributed by atoms with Gasteiger partial charge in [-0.05, 0) is 6.07 Å². The number of halogens is 2. The van der Waals surface area contributed by atoms with Crippen molar-refractivity contribution in [3.8, 4) is 0 Å². The average Bonchev–Trinajstić information content (AvgIpc) is 2.41. The smallest absolute Gasteiger partial charge is 0.273 e. The van der Waals surface area contributed by atoms with E-state index in [0.717, 1.165) is 18.2 Å². The van der Waals surface area contributed by atoms with Gasteiger partial charge in [-0.25, -0.2) is 4.39 Å². The molecule has 1 aromatic rings. The van der Waals surface area contributed by atoms with E-state index < -0.39 is 22.3 Å². The Balaban J connectivity index is 0.00000400. The van der Waals surface area contributed by atoms with Gasteiger partial charge in [0.25, 0.3) is 11.6 Å². The molecule has 0 saturated carbocycles. The van der Waals surface area contributed by atoms with Crippen molar-refractivity contribution in [1.29, 1.82) is 0 Å². The summed E-state index contributed by atoms with van der Waals surface area (Å²) < 4.78 is 18.0. The summed E-state index contributed by atoms with van der Waals surface area (Å²) in [6.45, 7) is 2.06. The average molecular weight is 322 g/mol. The molecule has 0 aliphatic heterocycles. The van der Waals surface area contributed by atoms with Gasteiger partial charge in [0.05, 0.1) is 17.6 Å². The topological polar surface area (TPSA) is 93.5 Å². The number of carbonyl (C=O) groups is 1. The van der Waals surface area contributed by atoms with Crippen LogP contribution < -0.4 is 10.6 Å². The molecule has 1 rings (SSSR count). The van der Waals surface area contributed by atoms with E-state index in [4.69, 9.17) is 4.74 Å². The van der Waals surface area contributed by atoms with E-state index in [-0.39, 0.29) is 18.0 Å². The summed E-state index contributed by atoms with van der Waals surface area (Å²) in [6.07, 6.45) is 0. The highest BCUT2D eigenvalue weighted by Crippen LogP contribution is 2.16. The molecule has 1 aromatic carbocycles. The summed E-state index contributed by atoms with van der Waals surface area (Å²) in [5, 5.41) is 16.1. The first-order chi connectivity index (χ1) is 9.54. The molecule has 0 unspecified atom stereocenters. The number of nitro groups is 1. The van der Waals surface area contributed by atoms with E-state index >= 15 is 0 Å². The van der Waals surface area contributed by atoms with Gasteiger partial charge in [0.1, 0.15) is 5.82 Å². The number of amides is 1.